The van der Waals surface area contributed by atoms with Crippen molar-refractivity contribution in [2.75, 3.05) is 12.0 Å². The molecule has 4 nitrogen and oxygen atoms in total. The average Bonchev–Trinajstić information content (AvgIpc) is 2.44. The maximum absolute atomic E-state index is 13.3. The molecule has 0 saturated heterocycles. The molecule has 104 valence electrons. The molecule has 0 saturated carbocycles. The molecule has 20 heavy (non-hydrogen) atoms. The molecule has 2 N–H and O–H groups in total. The molecule has 0 heterocycles. The van der Waals surface area contributed by atoms with Crippen LogP contribution in [0, 0.1) is 12.7 Å². The van der Waals surface area contributed by atoms with Gasteiger partial charge in [0.05, 0.1) is 5.69 Å². The molecule has 2 amide bonds. The summed E-state index contributed by atoms with van der Waals surface area (Å²) in [5.41, 5.74) is 1.25. The number of hydrogen-bond donors (Lipinski definition) is 2. The summed E-state index contributed by atoms with van der Waals surface area (Å²) in [4.78, 5) is 11.5. The Morgan fingerprint density at radius 3 is 2.55 bits per heavy atom. The van der Waals surface area contributed by atoms with Crippen LogP contribution in [0.1, 0.15) is 5.56 Å². The van der Waals surface area contributed by atoms with Gasteiger partial charge in [-0.15, -0.1) is 0 Å². The highest BCUT2D eigenvalue weighted by Gasteiger charge is 2.05. The number of rotatable bonds is 4. The van der Waals surface area contributed by atoms with Crippen LogP contribution in [0.5, 0.6) is 5.75 Å². The lowest BCUT2D eigenvalue weighted by atomic mass is 10.2. The lowest BCUT2D eigenvalue weighted by molar-refractivity contribution is 0.234. The summed E-state index contributed by atoms with van der Waals surface area (Å²) in [6.45, 7) is 1.98. The molecule has 0 aliphatic rings. The first-order chi connectivity index (χ1) is 9.65. The number of urea groups is 1. The number of benzene rings is 2. The standard InChI is InChI=1S/C15H15FN2O2/c1-11-6-8-12(9-7-11)20-10-17-15(19)18-14-5-3-2-4-13(14)16/h2-9H,10H2,1H3,(H2,17,18,19). The van der Waals surface area contributed by atoms with Gasteiger partial charge in [0.1, 0.15) is 11.6 Å². The molecule has 0 unspecified atom stereocenters. The van der Waals surface area contributed by atoms with Crippen LogP contribution in [-0.2, 0) is 0 Å². The van der Waals surface area contributed by atoms with Crippen LogP contribution in [0.4, 0.5) is 14.9 Å². The summed E-state index contributed by atoms with van der Waals surface area (Å²) in [6.07, 6.45) is 0. The maximum Gasteiger partial charge on any atom is 0.321 e. The number of carbonyl (C=O) groups excluding carboxylic acids is 1. The smallest absolute Gasteiger partial charge is 0.321 e. The van der Waals surface area contributed by atoms with Gasteiger partial charge in [-0.1, -0.05) is 29.8 Å². The van der Waals surface area contributed by atoms with Gasteiger partial charge < -0.3 is 15.4 Å². The second-order valence-corrected chi connectivity index (χ2v) is 4.21. The summed E-state index contributed by atoms with van der Waals surface area (Å²) >= 11 is 0. The van der Waals surface area contributed by atoms with E-state index in [-0.39, 0.29) is 12.4 Å². The van der Waals surface area contributed by atoms with Crippen molar-refractivity contribution >= 4 is 11.7 Å². The molecule has 5 heteroatoms. The first kappa shape index (κ1) is 13.9. The van der Waals surface area contributed by atoms with Crippen LogP contribution in [0.3, 0.4) is 0 Å². The predicted octanol–water partition coefficient (Wildman–Crippen LogP) is 3.29. The zero-order chi connectivity index (χ0) is 14.4. The molecule has 0 aliphatic heterocycles. The van der Waals surface area contributed by atoms with Crippen LogP contribution >= 0.6 is 0 Å². The second kappa shape index (κ2) is 6.56. The number of para-hydroxylation sites is 1. The van der Waals surface area contributed by atoms with E-state index in [1.807, 2.05) is 31.2 Å². The van der Waals surface area contributed by atoms with E-state index in [0.29, 0.717) is 5.75 Å². The van der Waals surface area contributed by atoms with Gasteiger partial charge in [-0.2, -0.15) is 0 Å². The minimum Gasteiger partial charge on any atom is -0.473 e. The molecule has 2 rings (SSSR count). The quantitative estimate of drug-likeness (QED) is 0.840. The summed E-state index contributed by atoms with van der Waals surface area (Å²) < 4.78 is 18.6. The Labute approximate surface area is 116 Å². The third-order valence-electron chi connectivity index (χ3n) is 2.61. The number of hydrogen-bond acceptors (Lipinski definition) is 2. The lowest BCUT2D eigenvalue weighted by Gasteiger charge is -2.10. The fourth-order valence-electron chi connectivity index (χ4n) is 1.55. The zero-order valence-electron chi connectivity index (χ0n) is 11.0. The van der Waals surface area contributed by atoms with E-state index in [1.54, 1.807) is 12.1 Å². The van der Waals surface area contributed by atoms with E-state index < -0.39 is 11.8 Å². The summed E-state index contributed by atoms with van der Waals surface area (Å²) in [6, 6.07) is 12.9. The van der Waals surface area contributed by atoms with Crippen LogP contribution in [-0.4, -0.2) is 12.8 Å². The third-order valence-corrected chi connectivity index (χ3v) is 2.61. The fourth-order valence-corrected chi connectivity index (χ4v) is 1.55. The minimum absolute atomic E-state index is 0.00332. The highest BCUT2D eigenvalue weighted by Crippen LogP contribution is 2.12. The van der Waals surface area contributed by atoms with Gasteiger partial charge in [0.25, 0.3) is 0 Å². The van der Waals surface area contributed by atoms with E-state index in [9.17, 15) is 9.18 Å². The van der Waals surface area contributed by atoms with Crippen molar-refractivity contribution in [1.29, 1.82) is 0 Å². The molecule has 0 spiro atoms. The number of halogens is 1. The molecular formula is C15H15FN2O2. The van der Waals surface area contributed by atoms with E-state index in [4.69, 9.17) is 4.74 Å². The highest BCUT2D eigenvalue weighted by atomic mass is 19.1. The molecule has 0 aliphatic carbocycles. The number of amides is 2. The van der Waals surface area contributed by atoms with Crippen molar-refractivity contribution in [3.63, 3.8) is 0 Å². The molecule has 0 atom stereocenters. The first-order valence-electron chi connectivity index (χ1n) is 6.14. The number of carbonyl (C=O) groups is 1. The van der Waals surface area contributed by atoms with Gasteiger partial charge in [-0.05, 0) is 31.2 Å². The van der Waals surface area contributed by atoms with Crippen molar-refractivity contribution < 1.29 is 13.9 Å². The highest BCUT2D eigenvalue weighted by molar-refractivity contribution is 5.89. The normalized spacial score (nSPS) is 9.90. The van der Waals surface area contributed by atoms with Crippen molar-refractivity contribution in [2.24, 2.45) is 0 Å². The van der Waals surface area contributed by atoms with Crippen LogP contribution in [0.15, 0.2) is 48.5 Å². The Bertz CT molecular complexity index is 585. The van der Waals surface area contributed by atoms with Crippen molar-refractivity contribution in [1.82, 2.24) is 5.32 Å². The summed E-state index contributed by atoms with van der Waals surface area (Å²) in [5, 5.41) is 4.88. The minimum atomic E-state index is -0.526. The molecule has 0 fully saturated rings. The van der Waals surface area contributed by atoms with E-state index in [0.717, 1.165) is 5.56 Å². The average molecular weight is 274 g/mol. The predicted molar refractivity (Wildman–Crippen MR) is 75.2 cm³/mol. The number of ether oxygens (including phenoxy) is 1. The van der Waals surface area contributed by atoms with Crippen LogP contribution in [0.2, 0.25) is 0 Å². The van der Waals surface area contributed by atoms with Gasteiger partial charge >= 0.3 is 6.03 Å². The van der Waals surface area contributed by atoms with Gasteiger partial charge in [0.15, 0.2) is 6.73 Å². The summed E-state index contributed by atoms with van der Waals surface area (Å²) in [5.74, 6) is 0.170. The third kappa shape index (κ3) is 3.98. The monoisotopic (exact) mass is 274 g/mol. The second-order valence-electron chi connectivity index (χ2n) is 4.21. The van der Waals surface area contributed by atoms with Crippen LogP contribution in [0.25, 0.3) is 0 Å². The molecule has 0 radical (unpaired) electrons. The maximum atomic E-state index is 13.3. The molecule has 2 aromatic rings. The lowest BCUT2D eigenvalue weighted by Crippen LogP contribution is -2.32. The van der Waals surface area contributed by atoms with Crippen molar-refractivity contribution in [3.8, 4) is 5.75 Å². The fraction of sp³-hybridized carbons (Fsp3) is 0.133. The Balaban J connectivity index is 1.78. The Morgan fingerprint density at radius 1 is 1.15 bits per heavy atom. The van der Waals surface area contributed by atoms with E-state index in [1.165, 1.54) is 12.1 Å². The van der Waals surface area contributed by atoms with Gasteiger partial charge in [0, 0.05) is 0 Å². The molecular weight excluding hydrogens is 259 g/mol. The van der Waals surface area contributed by atoms with E-state index in [2.05, 4.69) is 10.6 Å². The largest absolute Gasteiger partial charge is 0.473 e. The van der Waals surface area contributed by atoms with E-state index >= 15 is 0 Å². The molecule has 2 aromatic carbocycles. The number of anilines is 1. The zero-order valence-corrected chi connectivity index (χ0v) is 11.0. The Hall–Kier alpha value is -2.56. The van der Waals surface area contributed by atoms with Gasteiger partial charge in [-0.25, -0.2) is 9.18 Å². The molecule has 0 bridgehead atoms. The van der Waals surface area contributed by atoms with Gasteiger partial charge in [0.2, 0.25) is 0 Å². The SMILES string of the molecule is Cc1ccc(OCNC(=O)Nc2ccccc2F)cc1. The summed E-state index contributed by atoms with van der Waals surface area (Å²) in [7, 11) is 0. The van der Waals surface area contributed by atoms with Crippen molar-refractivity contribution in [2.45, 2.75) is 6.92 Å². The topological polar surface area (TPSA) is 50.4 Å². The Kier molecular flexibility index (Phi) is 4.55. The van der Waals surface area contributed by atoms with Crippen molar-refractivity contribution in [3.05, 3.63) is 59.9 Å². The number of nitrogens with one attached hydrogen (secondary N) is 2. The van der Waals surface area contributed by atoms with Crippen LogP contribution < -0.4 is 15.4 Å². The number of aryl methyl sites for hydroxylation is 1. The Morgan fingerprint density at radius 2 is 1.85 bits per heavy atom. The first-order valence-corrected chi connectivity index (χ1v) is 6.14. The van der Waals surface area contributed by atoms with Gasteiger partial charge in [-0.3, -0.25) is 0 Å². The molecule has 0 aromatic heterocycles.